The van der Waals surface area contributed by atoms with E-state index in [-0.39, 0.29) is 35.3 Å². The van der Waals surface area contributed by atoms with Crippen molar-refractivity contribution in [2.45, 2.75) is 51.9 Å². The van der Waals surface area contributed by atoms with Gasteiger partial charge in [0, 0.05) is 41.5 Å². The zero-order chi connectivity index (χ0) is 11.6. The molecule has 0 N–H and O–H groups in total. The third-order valence-electron chi connectivity index (χ3n) is 2.85. The summed E-state index contributed by atoms with van der Waals surface area (Å²) in [6.45, 7) is 2.22. The van der Waals surface area contributed by atoms with Gasteiger partial charge in [0.2, 0.25) is 0 Å². The van der Waals surface area contributed by atoms with E-state index in [1.807, 2.05) is 30.3 Å². The number of hydrogen-bond acceptors (Lipinski definition) is 1. The van der Waals surface area contributed by atoms with Crippen LogP contribution in [0.25, 0.3) is 0 Å². The van der Waals surface area contributed by atoms with Crippen LogP contribution in [0.1, 0.15) is 62.2 Å². The van der Waals surface area contributed by atoms with E-state index in [0.29, 0.717) is 6.42 Å². The topological polar surface area (TPSA) is 17.1 Å². The molecule has 1 aromatic rings. The molecule has 0 aromatic heterocycles. The number of benzene rings is 1. The maximum Gasteiger partial charge on any atom is 0.162 e. The minimum Gasteiger partial charge on any atom is -0.294 e. The Morgan fingerprint density at radius 2 is 1.53 bits per heavy atom. The molecule has 0 aliphatic rings. The van der Waals surface area contributed by atoms with Gasteiger partial charge < -0.3 is 0 Å². The molecule has 0 saturated heterocycles. The zero-order valence-corrected chi connectivity index (χ0v) is 13.2. The summed E-state index contributed by atoms with van der Waals surface area (Å²) in [5, 5.41) is 0. The molecule has 0 atom stereocenters. The van der Waals surface area contributed by atoms with Crippen molar-refractivity contribution in [2.24, 2.45) is 0 Å². The molecule has 0 fully saturated rings. The number of Topliss-reactive ketones (excluding diaryl/α,β-unsaturated/α-hetero) is 1. The first-order valence-corrected chi connectivity index (χ1v) is 6.43. The first-order valence-electron chi connectivity index (χ1n) is 6.43. The normalized spacial score (nSPS) is 9.71. The summed E-state index contributed by atoms with van der Waals surface area (Å²) in [6.07, 6.45) is 8.13. The van der Waals surface area contributed by atoms with Gasteiger partial charge >= 0.3 is 0 Å². The monoisotopic (exact) mass is 241 g/mol. The van der Waals surface area contributed by atoms with Gasteiger partial charge in [0.05, 0.1) is 0 Å². The van der Waals surface area contributed by atoms with Crippen LogP contribution in [-0.2, 0) is 0 Å². The van der Waals surface area contributed by atoms with Gasteiger partial charge in [0.15, 0.2) is 5.78 Å². The van der Waals surface area contributed by atoms with E-state index >= 15 is 0 Å². The molecule has 1 aromatic carbocycles. The molecule has 1 nitrogen and oxygen atoms in total. The van der Waals surface area contributed by atoms with Crippen LogP contribution < -0.4 is 0 Å². The van der Waals surface area contributed by atoms with E-state index in [4.69, 9.17) is 0 Å². The molecule has 0 aliphatic heterocycles. The average Bonchev–Trinajstić information content (AvgIpc) is 2.34. The predicted molar refractivity (Wildman–Crippen MR) is 74.5 cm³/mol. The summed E-state index contributed by atoms with van der Waals surface area (Å²) in [5.74, 6) is 0.288. The summed E-state index contributed by atoms with van der Waals surface area (Å²) in [6, 6.07) is 9.60. The maximum atomic E-state index is 11.7. The molecule has 0 aliphatic carbocycles. The van der Waals surface area contributed by atoms with Crippen LogP contribution in [0.5, 0.6) is 0 Å². The van der Waals surface area contributed by atoms with Gasteiger partial charge in [-0.2, -0.15) is 0 Å². The van der Waals surface area contributed by atoms with E-state index in [9.17, 15) is 4.79 Å². The number of unbranched alkanes of at least 4 members (excludes halogenated alkanes) is 5. The van der Waals surface area contributed by atoms with Crippen molar-refractivity contribution < 1.29 is 4.79 Å². The Hall–Kier alpha value is -0.110. The molecule has 1 rings (SSSR count). The summed E-state index contributed by atoms with van der Waals surface area (Å²) in [5.41, 5.74) is 0.857. The minimum absolute atomic E-state index is 0. The molecule has 0 saturated carbocycles. The van der Waals surface area contributed by atoms with Crippen molar-refractivity contribution in [3.05, 3.63) is 35.9 Å². The molecule has 0 unspecified atom stereocenters. The van der Waals surface area contributed by atoms with E-state index in [1.54, 1.807) is 0 Å². The van der Waals surface area contributed by atoms with Crippen LogP contribution in [-0.4, -0.2) is 35.3 Å². The Morgan fingerprint density at radius 1 is 0.941 bits per heavy atom. The zero-order valence-electron chi connectivity index (χ0n) is 11.2. The van der Waals surface area contributed by atoms with Crippen molar-refractivity contribution in [1.82, 2.24) is 0 Å². The Bertz CT molecular complexity index is 295. The van der Waals surface area contributed by atoms with Crippen LogP contribution in [0.3, 0.4) is 0 Å². The third-order valence-corrected chi connectivity index (χ3v) is 2.85. The maximum absolute atomic E-state index is 11.7. The summed E-state index contributed by atoms with van der Waals surface area (Å²) < 4.78 is 0. The molecule has 0 amide bonds. The third kappa shape index (κ3) is 7.75. The van der Waals surface area contributed by atoms with Gasteiger partial charge in [-0.3, -0.25) is 4.79 Å². The fraction of sp³-hybridized carbons (Fsp3) is 0.533. The predicted octanol–water partition coefficient (Wildman–Crippen LogP) is 4.24. The Kier molecular flexibility index (Phi) is 10.9. The first kappa shape index (κ1) is 16.9. The summed E-state index contributed by atoms with van der Waals surface area (Å²) in [4.78, 5) is 11.7. The van der Waals surface area contributed by atoms with Gasteiger partial charge in [-0.05, 0) is 6.42 Å². The van der Waals surface area contributed by atoms with E-state index < -0.39 is 0 Å². The largest absolute Gasteiger partial charge is 0.294 e. The van der Waals surface area contributed by atoms with E-state index in [1.165, 1.54) is 32.1 Å². The summed E-state index contributed by atoms with van der Waals surface area (Å²) in [7, 11) is 0. The Balaban J connectivity index is 0.00000256. The first-order chi connectivity index (χ1) is 7.84. The molecule has 0 bridgehead atoms. The second-order valence-corrected chi connectivity index (χ2v) is 4.31. The second-order valence-electron chi connectivity index (χ2n) is 4.31. The van der Waals surface area contributed by atoms with Gasteiger partial charge in [0.25, 0.3) is 0 Å². The number of rotatable bonds is 8. The molecule has 89 valence electrons. The summed E-state index contributed by atoms with van der Waals surface area (Å²) >= 11 is 0. The minimum atomic E-state index is 0. The fourth-order valence-corrected chi connectivity index (χ4v) is 1.83. The smallest absolute Gasteiger partial charge is 0.162 e. The van der Waals surface area contributed by atoms with Crippen LogP contribution in [0.15, 0.2) is 30.3 Å². The van der Waals surface area contributed by atoms with Crippen LogP contribution in [0, 0.1) is 0 Å². The standard InChI is InChI=1S/C15H22O.Na/c1-2-3-4-5-6-10-13-15(16)14-11-8-7-9-12-14;/h7-9,11-12H,2-6,10,13H2,1H3;. The number of hydrogen-bond donors (Lipinski definition) is 0. The van der Waals surface area contributed by atoms with Gasteiger partial charge in [0.1, 0.15) is 0 Å². The molecular formula is C15H22NaO. The molecule has 2 heteroatoms. The van der Waals surface area contributed by atoms with Crippen LogP contribution >= 0.6 is 0 Å². The van der Waals surface area contributed by atoms with Crippen molar-refractivity contribution >= 4 is 35.3 Å². The molecule has 0 heterocycles. The van der Waals surface area contributed by atoms with Crippen molar-refractivity contribution in [3.63, 3.8) is 0 Å². The van der Waals surface area contributed by atoms with Crippen molar-refractivity contribution in [2.75, 3.05) is 0 Å². The average molecular weight is 241 g/mol. The van der Waals surface area contributed by atoms with Crippen LogP contribution in [0.4, 0.5) is 0 Å². The second kappa shape index (κ2) is 11.0. The molecule has 1 radical (unpaired) electrons. The quantitative estimate of drug-likeness (QED) is 0.378. The fourth-order valence-electron chi connectivity index (χ4n) is 1.83. The van der Waals surface area contributed by atoms with E-state index in [2.05, 4.69) is 6.92 Å². The molecule has 17 heavy (non-hydrogen) atoms. The van der Waals surface area contributed by atoms with Crippen molar-refractivity contribution in [1.29, 1.82) is 0 Å². The van der Waals surface area contributed by atoms with Gasteiger partial charge in [-0.1, -0.05) is 69.4 Å². The Labute approximate surface area is 127 Å². The number of carbonyl (C=O) groups excluding carboxylic acids is 1. The number of ketones is 1. The number of carbonyl (C=O) groups is 1. The van der Waals surface area contributed by atoms with Gasteiger partial charge in [-0.15, -0.1) is 0 Å². The molecular weight excluding hydrogens is 219 g/mol. The molecule has 0 spiro atoms. The van der Waals surface area contributed by atoms with Crippen LogP contribution in [0.2, 0.25) is 0 Å². The van der Waals surface area contributed by atoms with Gasteiger partial charge in [-0.25, -0.2) is 0 Å². The Morgan fingerprint density at radius 3 is 2.18 bits per heavy atom. The van der Waals surface area contributed by atoms with E-state index in [0.717, 1.165) is 12.0 Å². The van der Waals surface area contributed by atoms with Crippen molar-refractivity contribution in [3.8, 4) is 0 Å². The SMILES string of the molecule is CCCCCCCCC(=O)c1ccccc1.[Na].